The van der Waals surface area contributed by atoms with Gasteiger partial charge in [-0.1, -0.05) is 0 Å². The first kappa shape index (κ1) is 19.9. The van der Waals surface area contributed by atoms with E-state index in [4.69, 9.17) is 20.9 Å². The molecular weight excluding hydrogens is 390 g/mol. The van der Waals surface area contributed by atoms with E-state index in [9.17, 15) is 14.9 Å². The minimum atomic E-state index is -0.875. The van der Waals surface area contributed by atoms with Crippen LogP contribution in [0.5, 0.6) is 11.6 Å². The Kier molecular flexibility index (Phi) is 5.17. The summed E-state index contributed by atoms with van der Waals surface area (Å²) in [6.07, 6.45) is 3.70. The molecule has 158 valence electrons. The Morgan fingerprint density at radius 2 is 2.23 bits per heavy atom. The second-order valence-corrected chi connectivity index (χ2v) is 7.61. The molecule has 0 radical (unpaired) electrons. The molecule has 1 unspecified atom stereocenters. The smallest absolute Gasteiger partial charge is 0.301 e. The summed E-state index contributed by atoms with van der Waals surface area (Å²) in [5, 5.41) is 11.9. The van der Waals surface area contributed by atoms with Crippen LogP contribution in [0, 0.1) is 10.1 Å². The van der Waals surface area contributed by atoms with Gasteiger partial charge in [-0.05, 0) is 38.4 Å². The number of carbonyl (C=O) groups is 1. The average molecular weight is 413 g/mol. The van der Waals surface area contributed by atoms with Crippen LogP contribution in [0.15, 0.2) is 18.3 Å². The Morgan fingerprint density at radius 1 is 1.43 bits per heavy atom. The Bertz CT molecular complexity index is 1030. The number of nitrogens with zero attached hydrogens (tertiary/aromatic N) is 3. The summed E-state index contributed by atoms with van der Waals surface area (Å²) in [6.45, 7) is 2.11. The number of ether oxygens (including phenoxy) is 2. The molecule has 0 spiro atoms. The minimum absolute atomic E-state index is 0.148. The van der Waals surface area contributed by atoms with Crippen LogP contribution < -0.4 is 20.9 Å². The molecule has 2 aliphatic rings. The zero-order valence-corrected chi connectivity index (χ0v) is 16.6. The molecule has 0 saturated carbocycles. The number of hydrogen-bond donors (Lipinski definition) is 2. The zero-order chi connectivity index (χ0) is 21.4. The summed E-state index contributed by atoms with van der Waals surface area (Å²) in [4.78, 5) is 29.7. The number of rotatable bonds is 5. The van der Waals surface area contributed by atoms with Gasteiger partial charge in [-0.3, -0.25) is 14.9 Å². The van der Waals surface area contributed by atoms with E-state index in [0.29, 0.717) is 24.6 Å². The van der Waals surface area contributed by atoms with Crippen molar-refractivity contribution >= 4 is 17.3 Å². The van der Waals surface area contributed by atoms with Crippen molar-refractivity contribution in [2.45, 2.75) is 25.4 Å². The average Bonchev–Trinajstić information content (AvgIpc) is 3.11. The van der Waals surface area contributed by atoms with Crippen molar-refractivity contribution in [2.24, 2.45) is 5.73 Å². The lowest BCUT2D eigenvalue weighted by Crippen LogP contribution is -2.24. The number of likely N-dealkylation sites (tertiary alicyclic amines) is 1. The highest BCUT2D eigenvalue weighted by Crippen LogP contribution is 2.43. The Balaban J connectivity index is 1.86. The molecule has 10 heteroatoms. The fraction of sp³-hybridized carbons (Fsp3) is 0.400. The van der Waals surface area contributed by atoms with Crippen LogP contribution in [-0.4, -0.2) is 53.6 Å². The van der Waals surface area contributed by atoms with Crippen molar-refractivity contribution in [3.8, 4) is 22.8 Å². The lowest BCUT2D eigenvalue weighted by molar-refractivity contribution is -0.383. The molecule has 1 amide bonds. The molecule has 2 aliphatic heterocycles. The van der Waals surface area contributed by atoms with Crippen LogP contribution in [-0.2, 0) is 6.42 Å². The van der Waals surface area contributed by atoms with Crippen molar-refractivity contribution < 1.29 is 19.2 Å². The third-order valence-electron chi connectivity index (χ3n) is 5.44. The lowest BCUT2D eigenvalue weighted by atomic mass is 9.97. The maximum absolute atomic E-state index is 12.1. The number of hydrogen-bond acceptors (Lipinski definition) is 8. The van der Waals surface area contributed by atoms with E-state index < -0.39 is 16.5 Å². The van der Waals surface area contributed by atoms with Crippen LogP contribution in [0.3, 0.4) is 0 Å². The highest BCUT2D eigenvalue weighted by Gasteiger charge is 2.31. The van der Waals surface area contributed by atoms with E-state index in [1.54, 1.807) is 6.07 Å². The van der Waals surface area contributed by atoms with Crippen LogP contribution in [0.4, 0.5) is 11.4 Å². The van der Waals surface area contributed by atoms with Gasteiger partial charge in [0.15, 0.2) is 0 Å². The van der Waals surface area contributed by atoms with Crippen LogP contribution in [0.25, 0.3) is 11.1 Å². The number of aromatic nitrogens is 1. The van der Waals surface area contributed by atoms with E-state index in [1.807, 2.05) is 7.05 Å². The molecular formula is C20H23N5O5. The summed E-state index contributed by atoms with van der Waals surface area (Å²) in [5.41, 5.74) is 12.3. The van der Waals surface area contributed by atoms with Crippen molar-refractivity contribution in [3.05, 3.63) is 39.6 Å². The number of nitrogen functional groups attached to an aromatic ring is 1. The highest BCUT2D eigenvalue weighted by atomic mass is 16.6. The number of nitro groups is 1. The van der Waals surface area contributed by atoms with Gasteiger partial charge in [-0.2, -0.15) is 0 Å². The number of nitrogens with two attached hydrogens (primary N) is 2. The summed E-state index contributed by atoms with van der Waals surface area (Å²) in [6, 6.07) is 3.28. The van der Waals surface area contributed by atoms with Gasteiger partial charge >= 0.3 is 5.69 Å². The van der Waals surface area contributed by atoms with Gasteiger partial charge in [-0.15, -0.1) is 0 Å². The van der Waals surface area contributed by atoms with Gasteiger partial charge in [0.05, 0.1) is 17.1 Å². The number of amides is 1. The van der Waals surface area contributed by atoms with E-state index in [1.165, 1.54) is 12.3 Å². The molecule has 1 aromatic heterocycles. The molecule has 4 N–H and O–H groups in total. The predicted octanol–water partition coefficient (Wildman–Crippen LogP) is 1.75. The van der Waals surface area contributed by atoms with Gasteiger partial charge < -0.3 is 25.8 Å². The normalized spacial score (nSPS) is 18.5. The first-order chi connectivity index (χ1) is 14.3. The van der Waals surface area contributed by atoms with Crippen LogP contribution in [0.1, 0.15) is 28.8 Å². The topological polar surface area (TPSA) is 147 Å². The van der Waals surface area contributed by atoms with E-state index in [-0.39, 0.29) is 28.7 Å². The Labute approximate surface area is 172 Å². The fourth-order valence-corrected chi connectivity index (χ4v) is 3.99. The molecule has 3 heterocycles. The number of anilines is 1. The molecule has 0 aliphatic carbocycles. The minimum Gasteiger partial charge on any atom is -0.488 e. The number of benzene rings is 1. The maximum Gasteiger partial charge on any atom is 0.301 e. The molecule has 1 aromatic carbocycles. The Hall–Kier alpha value is -3.40. The molecule has 1 saturated heterocycles. The first-order valence-electron chi connectivity index (χ1n) is 9.73. The number of primary amides is 1. The number of likely N-dealkylation sites (N-methyl/N-ethyl adjacent to an activating group) is 1. The van der Waals surface area contributed by atoms with Gasteiger partial charge in [0.1, 0.15) is 23.1 Å². The number of carbonyl (C=O) groups excluding carboxylic acids is 1. The number of nitro benzene ring substituents is 1. The van der Waals surface area contributed by atoms with E-state index >= 15 is 0 Å². The second kappa shape index (κ2) is 7.79. The third kappa shape index (κ3) is 3.61. The van der Waals surface area contributed by atoms with Crippen LogP contribution >= 0.6 is 0 Å². The van der Waals surface area contributed by atoms with E-state index in [0.717, 1.165) is 31.4 Å². The highest BCUT2D eigenvalue weighted by molar-refractivity contribution is 6.05. The summed E-state index contributed by atoms with van der Waals surface area (Å²) >= 11 is 0. The van der Waals surface area contributed by atoms with Gasteiger partial charge in [0.25, 0.3) is 5.91 Å². The first-order valence-corrected chi connectivity index (χ1v) is 9.73. The van der Waals surface area contributed by atoms with E-state index in [2.05, 4.69) is 9.88 Å². The van der Waals surface area contributed by atoms with Crippen molar-refractivity contribution in [3.63, 3.8) is 0 Å². The van der Waals surface area contributed by atoms with Crippen molar-refractivity contribution in [1.82, 2.24) is 9.88 Å². The van der Waals surface area contributed by atoms with Gasteiger partial charge in [-0.25, -0.2) is 4.98 Å². The summed E-state index contributed by atoms with van der Waals surface area (Å²) in [7, 11) is 1.97. The van der Waals surface area contributed by atoms with Gasteiger partial charge in [0.2, 0.25) is 5.88 Å². The summed E-state index contributed by atoms with van der Waals surface area (Å²) in [5.74, 6) is -0.199. The molecule has 1 atom stereocenters. The molecule has 30 heavy (non-hydrogen) atoms. The summed E-state index contributed by atoms with van der Waals surface area (Å²) < 4.78 is 11.6. The lowest BCUT2D eigenvalue weighted by Gasteiger charge is -2.20. The molecule has 10 nitrogen and oxygen atoms in total. The number of fused-ring (bicyclic) bond motifs is 1. The largest absolute Gasteiger partial charge is 0.488 e. The molecule has 0 bridgehead atoms. The fourth-order valence-electron chi connectivity index (χ4n) is 3.99. The second-order valence-electron chi connectivity index (χ2n) is 7.61. The van der Waals surface area contributed by atoms with Gasteiger partial charge in [0, 0.05) is 30.4 Å². The van der Waals surface area contributed by atoms with Crippen LogP contribution in [0.2, 0.25) is 0 Å². The van der Waals surface area contributed by atoms with Crippen molar-refractivity contribution in [1.29, 1.82) is 0 Å². The number of pyridine rings is 1. The van der Waals surface area contributed by atoms with Crippen molar-refractivity contribution in [2.75, 3.05) is 32.5 Å². The monoisotopic (exact) mass is 413 g/mol. The molecule has 4 rings (SSSR count). The quantitative estimate of drug-likeness (QED) is 0.428. The Morgan fingerprint density at radius 3 is 2.90 bits per heavy atom. The SMILES string of the molecule is CN1CCC(Oc2cc(-c3cnc4c(c3)CCCO4)c([N+](=O)[O-])c(N)c2C(N)=O)C1. The molecule has 1 fully saturated rings. The third-order valence-corrected chi connectivity index (χ3v) is 5.44. The predicted molar refractivity (Wildman–Crippen MR) is 110 cm³/mol. The number of aryl methyl sites for hydroxylation is 1. The standard InChI is InChI=1S/C20H23N5O5/c1-24-5-4-13(10-24)30-15-8-14(18(25(27)28)17(21)16(15)19(22)26)12-7-11-3-2-6-29-20(11)23-9-12/h7-9,13H,2-6,10,21H2,1H3,(H2,22,26). The maximum atomic E-state index is 12.1. The zero-order valence-electron chi connectivity index (χ0n) is 16.6. The molecule has 2 aromatic rings.